The minimum Gasteiger partial charge on any atom is -1.00 e. The molecule has 1 aromatic heterocycles. The van der Waals surface area contributed by atoms with Crippen molar-refractivity contribution in [3.63, 3.8) is 0 Å². The third kappa shape index (κ3) is 4.95. The number of pyridine rings is 1. The first kappa shape index (κ1) is 20.2. The maximum absolute atomic E-state index is 11.1. The van der Waals surface area contributed by atoms with Crippen LogP contribution < -0.4 is 17.0 Å². The lowest BCUT2D eigenvalue weighted by Crippen LogP contribution is -3.00. The van der Waals surface area contributed by atoms with Gasteiger partial charge in [-0.25, -0.2) is 0 Å². The van der Waals surface area contributed by atoms with Gasteiger partial charge in [-0.2, -0.15) is 4.57 Å². The van der Waals surface area contributed by atoms with Crippen molar-refractivity contribution < 1.29 is 26.5 Å². The molecule has 3 nitrogen and oxygen atoms in total. The van der Waals surface area contributed by atoms with E-state index in [1.54, 1.807) is 0 Å². The average Bonchev–Trinajstić information content (AvgIpc) is 2.67. The zero-order valence-electron chi connectivity index (χ0n) is 15.3. The van der Waals surface area contributed by atoms with Gasteiger partial charge < -0.3 is 17.1 Å². The van der Waals surface area contributed by atoms with Gasteiger partial charge in [0, 0.05) is 29.7 Å². The molecule has 2 aromatic carbocycles. The number of carbonyl (C=O) groups is 1. The van der Waals surface area contributed by atoms with E-state index in [2.05, 4.69) is 64.0 Å². The van der Waals surface area contributed by atoms with Crippen molar-refractivity contribution in [3.8, 4) is 0 Å². The van der Waals surface area contributed by atoms with Gasteiger partial charge in [0.15, 0.2) is 6.20 Å². The van der Waals surface area contributed by atoms with Crippen LogP contribution in [-0.4, -0.2) is 13.1 Å². The average molecular weight is 372 g/mol. The van der Waals surface area contributed by atoms with E-state index in [9.17, 15) is 4.79 Å². The van der Waals surface area contributed by atoms with E-state index < -0.39 is 0 Å². The molecule has 0 aliphatic heterocycles. The fourth-order valence-corrected chi connectivity index (χ4v) is 3.41. The highest BCUT2D eigenvalue weighted by Crippen LogP contribution is 2.22. The molecule has 26 heavy (non-hydrogen) atoms. The van der Waals surface area contributed by atoms with E-state index in [-0.39, 0.29) is 18.4 Å². The highest BCUT2D eigenvalue weighted by molar-refractivity contribution is 6.03. The fourth-order valence-electron chi connectivity index (χ4n) is 3.41. The summed E-state index contributed by atoms with van der Waals surface area (Å²) in [6, 6.07) is 17.2. The summed E-state index contributed by atoms with van der Waals surface area (Å²) in [6.07, 6.45) is 8.36. The highest BCUT2D eigenvalue weighted by atomic mass is 35.5. The number of aryl methyl sites for hydroxylation is 1. The van der Waals surface area contributed by atoms with Gasteiger partial charge in [-0.05, 0) is 25.0 Å². The number of para-hydroxylation sites is 1. The molecule has 0 aliphatic carbocycles. The molecule has 4 heteroatoms. The topological polar surface area (TPSA) is 30.2 Å². The van der Waals surface area contributed by atoms with Crippen molar-refractivity contribution >= 4 is 27.6 Å². The van der Waals surface area contributed by atoms with Gasteiger partial charge >= 0.3 is 5.97 Å². The summed E-state index contributed by atoms with van der Waals surface area (Å²) in [7, 11) is 1.45. The van der Waals surface area contributed by atoms with Crippen molar-refractivity contribution in [1.29, 1.82) is 0 Å². The molecule has 3 rings (SSSR count). The van der Waals surface area contributed by atoms with E-state index >= 15 is 0 Å². The molecule has 0 radical (unpaired) electrons. The highest BCUT2D eigenvalue weighted by Gasteiger charge is 2.12. The van der Waals surface area contributed by atoms with Crippen LogP contribution in [0.3, 0.4) is 0 Å². The molecule has 0 fully saturated rings. The number of benzene rings is 2. The maximum Gasteiger partial charge on any atom is 0.305 e. The summed E-state index contributed by atoms with van der Waals surface area (Å²) in [6.45, 7) is 1.03. The largest absolute Gasteiger partial charge is 1.00 e. The normalized spacial score (nSPS) is 10.7. The van der Waals surface area contributed by atoms with Gasteiger partial charge in [-0.15, -0.1) is 0 Å². The lowest BCUT2D eigenvalue weighted by molar-refractivity contribution is -0.670. The first-order valence-corrected chi connectivity index (χ1v) is 9.16. The Labute approximate surface area is 161 Å². The van der Waals surface area contributed by atoms with Crippen LogP contribution in [0.2, 0.25) is 0 Å². The van der Waals surface area contributed by atoms with E-state index in [4.69, 9.17) is 0 Å². The molecule has 0 amide bonds. The summed E-state index contributed by atoms with van der Waals surface area (Å²) in [5.41, 5.74) is 1.30. The van der Waals surface area contributed by atoms with Crippen LogP contribution in [0.15, 0.2) is 54.7 Å². The molecule has 0 spiro atoms. The quantitative estimate of drug-likeness (QED) is 0.261. The van der Waals surface area contributed by atoms with E-state index in [1.165, 1.54) is 41.6 Å². The van der Waals surface area contributed by atoms with E-state index in [0.29, 0.717) is 6.42 Å². The molecule has 0 unspecified atom stereocenters. The Morgan fingerprint density at radius 1 is 0.885 bits per heavy atom. The van der Waals surface area contributed by atoms with Gasteiger partial charge in [0.25, 0.3) is 0 Å². The van der Waals surface area contributed by atoms with Crippen molar-refractivity contribution in [2.24, 2.45) is 0 Å². The number of nitrogens with zero attached hydrogens (tertiary/aromatic N) is 1. The van der Waals surface area contributed by atoms with Gasteiger partial charge in [0.1, 0.15) is 6.54 Å². The molecule has 0 atom stereocenters. The Hall–Kier alpha value is -2.13. The standard InChI is InChI=1S/C22H26NO2.ClH/c1-25-22(24)15-5-3-2-4-10-16-23-17-18-11-6-7-12-19(18)20-13-8-9-14-21(20)23;/h6-9,11-14,17H,2-5,10,15-16H2,1H3;1H/q+1;/p-1. The molecular formula is C22H26ClNO2. The Kier molecular flexibility index (Phi) is 7.86. The number of methoxy groups -OCH3 is 1. The Morgan fingerprint density at radius 2 is 1.54 bits per heavy atom. The maximum atomic E-state index is 11.1. The number of hydrogen-bond donors (Lipinski definition) is 0. The lowest BCUT2D eigenvalue weighted by Gasteiger charge is -2.06. The third-order valence-corrected chi connectivity index (χ3v) is 4.77. The molecule has 0 saturated carbocycles. The molecule has 0 N–H and O–H groups in total. The van der Waals surface area contributed by atoms with Crippen LogP contribution in [0.1, 0.15) is 38.5 Å². The van der Waals surface area contributed by atoms with E-state index in [1.807, 2.05) is 0 Å². The summed E-state index contributed by atoms with van der Waals surface area (Å²) in [5, 5.41) is 3.93. The number of ether oxygens (including phenoxy) is 1. The SMILES string of the molecule is COC(=O)CCCCCCC[n+]1cc2ccccc2c2ccccc21.[Cl-]. The second kappa shape index (κ2) is 10.1. The minimum absolute atomic E-state index is 0. The van der Waals surface area contributed by atoms with Crippen LogP contribution in [0.4, 0.5) is 0 Å². The number of aromatic nitrogens is 1. The smallest absolute Gasteiger partial charge is 0.305 e. The van der Waals surface area contributed by atoms with Crippen LogP contribution in [0.5, 0.6) is 0 Å². The molecule has 0 bridgehead atoms. The lowest BCUT2D eigenvalue weighted by atomic mass is 10.1. The second-order valence-corrected chi connectivity index (χ2v) is 6.52. The monoisotopic (exact) mass is 371 g/mol. The number of carbonyl (C=O) groups excluding carboxylic acids is 1. The fraction of sp³-hybridized carbons (Fsp3) is 0.364. The zero-order chi connectivity index (χ0) is 17.5. The predicted molar refractivity (Wildman–Crippen MR) is 101 cm³/mol. The second-order valence-electron chi connectivity index (χ2n) is 6.52. The Morgan fingerprint density at radius 3 is 2.35 bits per heavy atom. The molecule has 0 aliphatic rings. The van der Waals surface area contributed by atoms with Crippen LogP contribution in [-0.2, 0) is 16.1 Å². The van der Waals surface area contributed by atoms with Gasteiger partial charge in [-0.1, -0.05) is 43.2 Å². The number of unbranched alkanes of at least 4 members (excludes halogenated alkanes) is 4. The molecule has 1 heterocycles. The summed E-state index contributed by atoms with van der Waals surface area (Å²) >= 11 is 0. The number of fused-ring (bicyclic) bond motifs is 3. The van der Waals surface area contributed by atoms with Gasteiger partial charge in [0.2, 0.25) is 5.52 Å². The van der Waals surface area contributed by atoms with Crippen molar-refractivity contribution in [2.75, 3.05) is 7.11 Å². The van der Waals surface area contributed by atoms with Gasteiger partial charge in [0.05, 0.1) is 12.5 Å². The minimum atomic E-state index is -0.0989. The molecule has 138 valence electrons. The summed E-state index contributed by atoms with van der Waals surface area (Å²) in [4.78, 5) is 11.1. The third-order valence-electron chi connectivity index (χ3n) is 4.77. The van der Waals surface area contributed by atoms with Gasteiger partial charge in [-0.3, -0.25) is 4.79 Å². The first-order valence-electron chi connectivity index (χ1n) is 9.16. The number of hydrogen-bond acceptors (Lipinski definition) is 2. The van der Waals surface area contributed by atoms with Crippen molar-refractivity contribution in [2.45, 2.75) is 45.1 Å². The summed E-state index contributed by atoms with van der Waals surface area (Å²) in [5.74, 6) is -0.0989. The Bertz CT molecular complexity index is 863. The number of esters is 1. The van der Waals surface area contributed by atoms with E-state index in [0.717, 1.165) is 25.8 Å². The zero-order valence-corrected chi connectivity index (χ0v) is 16.0. The molecule has 3 aromatic rings. The number of halogens is 1. The predicted octanol–water partition coefficient (Wildman–Crippen LogP) is 1.80. The Balaban J connectivity index is 0.00000243. The van der Waals surface area contributed by atoms with Crippen LogP contribution in [0.25, 0.3) is 21.7 Å². The van der Waals surface area contributed by atoms with Crippen LogP contribution in [0, 0.1) is 0 Å². The molecular weight excluding hydrogens is 346 g/mol. The number of rotatable bonds is 8. The summed E-state index contributed by atoms with van der Waals surface area (Å²) < 4.78 is 7.05. The molecule has 0 saturated heterocycles. The van der Waals surface area contributed by atoms with Crippen LogP contribution >= 0.6 is 0 Å². The van der Waals surface area contributed by atoms with Crippen molar-refractivity contribution in [1.82, 2.24) is 0 Å². The van der Waals surface area contributed by atoms with Crippen molar-refractivity contribution in [3.05, 3.63) is 54.7 Å². The first-order chi connectivity index (χ1) is 12.3.